The van der Waals surface area contributed by atoms with Crippen molar-refractivity contribution in [3.8, 4) is 28.5 Å². The van der Waals surface area contributed by atoms with E-state index in [4.69, 9.17) is 12.2 Å². The van der Waals surface area contributed by atoms with Crippen LogP contribution in [0.4, 0.5) is 0 Å². The first-order valence-electron chi connectivity index (χ1n) is 9.24. The van der Waals surface area contributed by atoms with Crippen molar-refractivity contribution in [1.29, 1.82) is 0 Å². The lowest BCUT2D eigenvalue weighted by atomic mass is 10.0. The van der Waals surface area contributed by atoms with Crippen LogP contribution in [0.5, 0.6) is 5.75 Å². The second-order valence-electron chi connectivity index (χ2n) is 6.66. The quantitative estimate of drug-likeness (QED) is 0.294. The van der Waals surface area contributed by atoms with Gasteiger partial charge in [-0.3, -0.25) is 5.10 Å². The first-order valence-corrected chi connectivity index (χ1v) is 9.65. The summed E-state index contributed by atoms with van der Waals surface area (Å²) >= 11 is 5.35. The second-order valence-corrected chi connectivity index (χ2v) is 7.05. The van der Waals surface area contributed by atoms with Crippen LogP contribution in [0.15, 0.2) is 77.9 Å². The van der Waals surface area contributed by atoms with Crippen LogP contribution < -0.4 is 0 Å². The molecule has 2 aromatic heterocycles. The molecular weight excluding hydrogens is 396 g/mol. The molecule has 0 spiro atoms. The molecule has 0 aliphatic heterocycles. The predicted octanol–water partition coefficient (Wildman–Crippen LogP) is 4.74. The molecule has 0 radical (unpaired) electrons. The maximum absolute atomic E-state index is 10.4. The number of rotatable bonds is 4. The number of aromatic amines is 2. The normalized spacial score (nSPS) is 11.5. The molecule has 2 heterocycles. The maximum atomic E-state index is 10.4. The number of H-pyrrole nitrogens is 2. The minimum Gasteiger partial charge on any atom is -0.507 e. The van der Waals surface area contributed by atoms with Gasteiger partial charge in [-0.15, -0.1) is 0 Å². The van der Waals surface area contributed by atoms with Gasteiger partial charge in [-0.1, -0.05) is 60.7 Å². The maximum Gasteiger partial charge on any atom is 0.216 e. The summed E-state index contributed by atoms with van der Waals surface area (Å²) in [7, 11) is 0. The van der Waals surface area contributed by atoms with E-state index in [9.17, 15) is 5.11 Å². The molecule has 0 unspecified atom stereocenters. The molecule has 7 nitrogen and oxygen atoms in total. The number of phenols is 1. The van der Waals surface area contributed by atoms with Gasteiger partial charge in [0.05, 0.1) is 11.9 Å². The number of nitrogens with one attached hydrogen (secondary N) is 2. The summed E-state index contributed by atoms with van der Waals surface area (Å²) in [5.41, 5.74) is 3.06. The lowest BCUT2D eigenvalue weighted by molar-refractivity contribution is 0.475. The van der Waals surface area contributed by atoms with E-state index in [-0.39, 0.29) is 5.75 Å². The van der Waals surface area contributed by atoms with Crippen molar-refractivity contribution in [1.82, 2.24) is 25.1 Å². The van der Waals surface area contributed by atoms with E-state index in [2.05, 4.69) is 25.5 Å². The van der Waals surface area contributed by atoms with Gasteiger partial charge in [0.1, 0.15) is 11.4 Å². The molecule has 3 aromatic carbocycles. The van der Waals surface area contributed by atoms with Crippen molar-refractivity contribution in [3.05, 3.63) is 83.1 Å². The van der Waals surface area contributed by atoms with Crippen LogP contribution in [0.1, 0.15) is 5.56 Å². The van der Waals surface area contributed by atoms with Crippen LogP contribution >= 0.6 is 12.2 Å². The summed E-state index contributed by atoms with van der Waals surface area (Å²) in [5, 5.41) is 31.2. The summed E-state index contributed by atoms with van der Waals surface area (Å²) in [5.74, 6) is 0.632. The highest BCUT2D eigenvalue weighted by molar-refractivity contribution is 7.71. The molecule has 0 atom stereocenters. The zero-order chi connectivity index (χ0) is 20.5. The van der Waals surface area contributed by atoms with Crippen LogP contribution in [0.3, 0.4) is 0 Å². The van der Waals surface area contributed by atoms with E-state index >= 15 is 0 Å². The Hall–Kier alpha value is -4.04. The van der Waals surface area contributed by atoms with Crippen LogP contribution in [-0.4, -0.2) is 36.4 Å². The number of hydrogen-bond acceptors (Lipinski definition) is 5. The Labute approximate surface area is 176 Å². The molecule has 5 rings (SSSR count). The number of fused-ring (bicyclic) bond motifs is 1. The average molecular weight is 412 g/mol. The topological polar surface area (TPSA) is 94.9 Å². The summed E-state index contributed by atoms with van der Waals surface area (Å²) in [6.07, 6.45) is 1.58. The highest BCUT2D eigenvalue weighted by atomic mass is 32.1. The van der Waals surface area contributed by atoms with Crippen LogP contribution in [0.2, 0.25) is 0 Å². The van der Waals surface area contributed by atoms with Gasteiger partial charge in [-0.05, 0) is 35.1 Å². The second kappa shape index (κ2) is 7.41. The highest BCUT2D eigenvalue weighted by Gasteiger charge is 2.13. The van der Waals surface area contributed by atoms with Gasteiger partial charge in [-0.25, -0.2) is 5.10 Å². The Morgan fingerprint density at radius 1 is 0.933 bits per heavy atom. The van der Waals surface area contributed by atoms with E-state index in [1.165, 1.54) is 4.68 Å². The minimum absolute atomic E-state index is 0.141. The third-order valence-corrected chi connectivity index (χ3v) is 5.05. The molecule has 3 N–H and O–H groups in total. The van der Waals surface area contributed by atoms with Crippen molar-refractivity contribution in [2.24, 2.45) is 5.10 Å². The van der Waals surface area contributed by atoms with Crippen molar-refractivity contribution in [3.63, 3.8) is 0 Å². The lowest BCUT2D eigenvalue weighted by Gasteiger charge is -2.05. The first-order chi connectivity index (χ1) is 14.7. The highest BCUT2D eigenvalue weighted by Crippen LogP contribution is 2.26. The van der Waals surface area contributed by atoms with E-state index < -0.39 is 0 Å². The first kappa shape index (κ1) is 18.0. The predicted molar refractivity (Wildman–Crippen MR) is 119 cm³/mol. The number of aromatic hydroxyl groups is 1. The zero-order valence-corrected chi connectivity index (χ0v) is 16.5. The van der Waals surface area contributed by atoms with Gasteiger partial charge in [0.15, 0.2) is 0 Å². The Kier molecular flexibility index (Phi) is 4.45. The molecule has 5 aromatic rings. The lowest BCUT2D eigenvalue weighted by Crippen LogP contribution is -1.96. The number of hydrogen-bond donors (Lipinski definition) is 3. The Morgan fingerprint density at radius 2 is 1.73 bits per heavy atom. The standard InChI is InChI=1S/C22H16N6OS/c29-20-11-10-14-6-4-5-9-16(14)17(20)13-23-28-21(26-27-22(28)30)19-12-18(24-25-19)15-7-2-1-3-8-15/h1-13,29H,(H,24,25)(H,27,30)/b23-13+. The van der Waals surface area contributed by atoms with E-state index in [1.807, 2.05) is 66.7 Å². The van der Waals surface area contributed by atoms with Gasteiger partial charge in [0, 0.05) is 11.1 Å². The Morgan fingerprint density at radius 3 is 2.60 bits per heavy atom. The molecule has 8 heteroatoms. The number of nitrogens with zero attached hydrogens (tertiary/aromatic N) is 4. The summed E-state index contributed by atoms with van der Waals surface area (Å²) < 4.78 is 1.83. The Bertz CT molecular complexity index is 1430. The van der Waals surface area contributed by atoms with Crippen molar-refractivity contribution >= 4 is 29.2 Å². The smallest absolute Gasteiger partial charge is 0.216 e. The zero-order valence-electron chi connectivity index (χ0n) is 15.6. The number of benzene rings is 3. The van der Waals surface area contributed by atoms with E-state index in [1.54, 1.807) is 12.3 Å². The molecular formula is C22H16N6OS. The summed E-state index contributed by atoms with van der Waals surface area (Å²) in [4.78, 5) is 0. The molecule has 0 saturated heterocycles. The molecule has 0 bridgehead atoms. The molecule has 30 heavy (non-hydrogen) atoms. The van der Waals surface area contributed by atoms with Gasteiger partial charge < -0.3 is 5.11 Å². The van der Waals surface area contributed by atoms with Gasteiger partial charge in [0.25, 0.3) is 0 Å². The third kappa shape index (κ3) is 3.19. The average Bonchev–Trinajstić information content (AvgIpc) is 3.41. The Balaban J connectivity index is 1.56. The monoisotopic (exact) mass is 412 g/mol. The van der Waals surface area contributed by atoms with Crippen molar-refractivity contribution in [2.75, 3.05) is 0 Å². The van der Waals surface area contributed by atoms with Crippen LogP contribution in [0.25, 0.3) is 33.5 Å². The largest absolute Gasteiger partial charge is 0.507 e. The number of aromatic nitrogens is 5. The molecule has 0 aliphatic rings. The molecule has 0 saturated carbocycles. The number of phenolic OH excluding ortho intramolecular Hbond substituents is 1. The molecule has 0 aliphatic carbocycles. The SMILES string of the molecule is Oc1ccc2ccccc2c1/C=N/n1c(-c2cc(-c3ccccc3)n[nH]2)n[nH]c1=S. The van der Waals surface area contributed by atoms with Crippen molar-refractivity contribution in [2.45, 2.75) is 0 Å². The molecule has 0 amide bonds. The van der Waals surface area contributed by atoms with E-state index in [0.29, 0.717) is 21.9 Å². The fourth-order valence-corrected chi connectivity index (χ4v) is 3.48. The summed E-state index contributed by atoms with van der Waals surface area (Å²) in [6, 6.07) is 23.0. The summed E-state index contributed by atoms with van der Waals surface area (Å²) in [6.45, 7) is 0. The fourth-order valence-electron chi connectivity index (χ4n) is 3.30. The van der Waals surface area contributed by atoms with Crippen LogP contribution in [-0.2, 0) is 0 Å². The molecule has 146 valence electrons. The molecule has 0 fully saturated rings. The van der Waals surface area contributed by atoms with E-state index in [0.717, 1.165) is 22.0 Å². The fraction of sp³-hybridized carbons (Fsp3) is 0. The van der Waals surface area contributed by atoms with Gasteiger partial charge >= 0.3 is 0 Å². The third-order valence-electron chi connectivity index (χ3n) is 4.79. The minimum atomic E-state index is 0.141. The van der Waals surface area contributed by atoms with Gasteiger partial charge in [-0.2, -0.15) is 20.0 Å². The van der Waals surface area contributed by atoms with Crippen molar-refractivity contribution < 1.29 is 5.11 Å². The van der Waals surface area contributed by atoms with Gasteiger partial charge in [0.2, 0.25) is 10.6 Å². The van der Waals surface area contributed by atoms with Crippen LogP contribution in [0, 0.1) is 4.77 Å².